The predicted molar refractivity (Wildman–Crippen MR) is 144 cm³/mol. The maximum Gasteiger partial charge on any atom is 0.258 e. The zero-order chi connectivity index (χ0) is 26.8. The Morgan fingerprint density at radius 1 is 1.18 bits per heavy atom. The number of anilines is 1. The first kappa shape index (κ1) is 25.4. The smallest absolute Gasteiger partial charge is 0.258 e. The van der Waals surface area contributed by atoms with Gasteiger partial charge in [0.05, 0.1) is 5.56 Å². The number of hydrogen-bond donors (Lipinski definition) is 1. The largest absolute Gasteiger partial charge is 0.344 e. The predicted octanol–water partition coefficient (Wildman–Crippen LogP) is 2.53. The lowest BCUT2D eigenvalue weighted by molar-refractivity contribution is -0.127. The minimum atomic E-state index is -0.349. The highest BCUT2D eigenvalue weighted by Crippen LogP contribution is 2.41. The molecule has 0 spiro atoms. The van der Waals surface area contributed by atoms with E-state index in [2.05, 4.69) is 40.6 Å². The van der Waals surface area contributed by atoms with Gasteiger partial charge in [0.1, 0.15) is 12.4 Å². The third-order valence-corrected chi connectivity index (χ3v) is 7.53. The van der Waals surface area contributed by atoms with Crippen LogP contribution in [0.1, 0.15) is 34.8 Å². The van der Waals surface area contributed by atoms with Crippen molar-refractivity contribution in [3.8, 4) is 0 Å². The van der Waals surface area contributed by atoms with E-state index in [1.165, 1.54) is 40.1 Å². The number of nitrogens with zero attached hydrogens (tertiary/aromatic N) is 4. The van der Waals surface area contributed by atoms with E-state index in [0.717, 1.165) is 13.0 Å². The summed E-state index contributed by atoms with van der Waals surface area (Å²) in [6.45, 7) is 3.27. The van der Waals surface area contributed by atoms with Crippen molar-refractivity contribution in [2.24, 2.45) is 11.8 Å². The number of aromatic nitrogens is 1. The van der Waals surface area contributed by atoms with E-state index in [4.69, 9.17) is 0 Å². The molecule has 4 amide bonds. The fraction of sp³-hybridized carbons (Fsp3) is 0.345. The highest BCUT2D eigenvalue weighted by Gasteiger charge is 2.37. The van der Waals surface area contributed by atoms with Crippen LogP contribution < -0.4 is 5.32 Å². The topological polar surface area (TPSA) is 103 Å². The maximum absolute atomic E-state index is 13.2. The molecule has 0 radical (unpaired) electrons. The van der Waals surface area contributed by atoms with Gasteiger partial charge in [0.15, 0.2) is 0 Å². The van der Waals surface area contributed by atoms with E-state index in [0.29, 0.717) is 30.5 Å². The van der Waals surface area contributed by atoms with Gasteiger partial charge in [-0.05, 0) is 47.1 Å². The molecule has 1 N–H and O–H groups in total. The molecule has 1 fully saturated rings. The third kappa shape index (κ3) is 5.37. The Morgan fingerprint density at radius 2 is 1.97 bits per heavy atom. The Morgan fingerprint density at radius 3 is 2.71 bits per heavy atom. The fourth-order valence-electron chi connectivity index (χ4n) is 5.26. The van der Waals surface area contributed by atoms with E-state index in [1.54, 1.807) is 19.2 Å². The van der Waals surface area contributed by atoms with Gasteiger partial charge in [-0.3, -0.25) is 19.2 Å². The average Bonchev–Trinajstić information content (AvgIpc) is 3.47. The number of carbonyl (C=O) groups is 4. The van der Waals surface area contributed by atoms with Crippen LogP contribution in [0.3, 0.4) is 0 Å². The minimum Gasteiger partial charge on any atom is -0.344 e. The number of carbonyl (C=O) groups excluding carboxylic acids is 4. The van der Waals surface area contributed by atoms with Crippen molar-refractivity contribution in [2.45, 2.75) is 13.3 Å². The highest BCUT2D eigenvalue weighted by atomic mass is 16.2. The van der Waals surface area contributed by atoms with Gasteiger partial charge in [0, 0.05) is 52.4 Å². The maximum atomic E-state index is 13.2. The molecule has 5 rings (SSSR count). The average molecular weight is 514 g/mol. The highest BCUT2D eigenvalue weighted by molar-refractivity contribution is 6.08. The van der Waals surface area contributed by atoms with E-state index in [-0.39, 0.29) is 48.1 Å². The number of fused-ring (bicyclic) bond motifs is 2. The van der Waals surface area contributed by atoms with Crippen LogP contribution in [0.25, 0.3) is 11.6 Å². The monoisotopic (exact) mass is 513 g/mol. The number of likely N-dealkylation sites (N-methyl/N-ethyl adjacent to an activating group) is 1. The number of hydrogen-bond acceptors (Lipinski definition) is 5. The number of rotatable bonds is 6. The number of likely N-dealkylation sites (tertiary alicyclic amines) is 1. The minimum absolute atomic E-state index is 0.0717. The van der Waals surface area contributed by atoms with Crippen LogP contribution in [-0.2, 0) is 14.4 Å². The van der Waals surface area contributed by atoms with Crippen LogP contribution in [0, 0.1) is 11.8 Å². The zero-order valence-corrected chi connectivity index (χ0v) is 21.6. The molecule has 1 aromatic carbocycles. The second-order valence-electron chi connectivity index (χ2n) is 10.1. The summed E-state index contributed by atoms with van der Waals surface area (Å²) in [7, 11) is 1.64. The molecule has 2 atom stereocenters. The van der Waals surface area contributed by atoms with Gasteiger partial charge >= 0.3 is 0 Å². The molecular formula is C29H31N5O4. The summed E-state index contributed by atoms with van der Waals surface area (Å²) >= 11 is 0. The first-order valence-corrected chi connectivity index (χ1v) is 12.8. The number of allylic oxidation sites excluding steroid dienone is 1. The zero-order valence-electron chi connectivity index (χ0n) is 21.6. The molecule has 196 valence electrons. The van der Waals surface area contributed by atoms with Crippen LogP contribution in [0.5, 0.6) is 0 Å². The molecule has 2 aromatic rings. The van der Waals surface area contributed by atoms with Crippen molar-refractivity contribution in [2.75, 3.05) is 45.1 Å². The van der Waals surface area contributed by atoms with Crippen molar-refractivity contribution in [1.82, 2.24) is 19.7 Å². The molecule has 9 nitrogen and oxygen atoms in total. The Balaban J connectivity index is 1.24. The molecule has 1 aliphatic carbocycles. The first-order chi connectivity index (χ1) is 18.3. The van der Waals surface area contributed by atoms with E-state index >= 15 is 0 Å². The van der Waals surface area contributed by atoms with Crippen LogP contribution in [0.15, 0.2) is 54.7 Å². The fourth-order valence-corrected chi connectivity index (χ4v) is 5.26. The Bertz CT molecular complexity index is 1340. The standard InChI is InChI=1S/C29H31N5O4/c1-19(35)32(2)10-11-33-18-26(36)31-28-25(29(33)38)12-20(15-30-28)8-9-27(37)34-16-23-13-22(14-24(23)17-34)21-6-4-3-5-7-21/h3-9,12-13,15,23-24H,10-11,14,16-18H2,1-2H3,(H,30,31,36)/b9-8+. The summed E-state index contributed by atoms with van der Waals surface area (Å²) in [5.41, 5.74) is 3.46. The van der Waals surface area contributed by atoms with E-state index in [9.17, 15) is 19.2 Å². The molecule has 2 aliphatic heterocycles. The van der Waals surface area contributed by atoms with Crippen molar-refractivity contribution in [3.63, 3.8) is 0 Å². The normalized spacial score (nSPS) is 20.6. The molecule has 9 heteroatoms. The van der Waals surface area contributed by atoms with Gasteiger partial charge in [-0.2, -0.15) is 0 Å². The van der Waals surface area contributed by atoms with E-state index in [1.807, 2.05) is 11.0 Å². The number of amides is 4. The summed E-state index contributed by atoms with van der Waals surface area (Å²) in [6.07, 6.45) is 7.99. The lowest BCUT2D eigenvalue weighted by Crippen LogP contribution is -2.41. The molecule has 38 heavy (non-hydrogen) atoms. The second-order valence-corrected chi connectivity index (χ2v) is 10.1. The number of nitrogens with one attached hydrogen (secondary N) is 1. The molecule has 1 aromatic heterocycles. The van der Waals surface area contributed by atoms with Gasteiger partial charge in [0.2, 0.25) is 17.7 Å². The van der Waals surface area contributed by atoms with Gasteiger partial charge in [-0.25, -0.2) is 4.98 Å². The molecule has 2 unspecified atom stereocenters. The molecule has 0 bridgehead atoms. The van der Waals surface area contributed by atoms with Crippen molar-refractivity contribution in [1.29, 1.82) is 0 Å². The van der Waals surface area contributed by atoms with Gasteiger partial charge < -0.3 is 20.0 Å². The lowest BCUT2D eigenvalue weighted by Gasteiger charge is -2.23. The summed E-state index contributed by atoms with van der Waals surface area (Å²) in [5.74, 6) is 0.106. The molecule has 0 saturated carbocycles. The number of benzene rings is 1. The second kappa shape index (κ2) is 10.6. The van der Waals surface area contributed by atoms with Crippen molar-refractivity contribution < 1.29 is 19.2 Å². The lowest BCUT2D eigenvalue weighted by atomic mass is 9.98. The molecular weight excluding hydrogens is 482 g/mol. The van der Waals surface area contributed by atoms with Crippen LogP contribution >= 0.6 is 0 Å². The van der Waals surface area contributed by atoms with Crippen LogP contribution in [-0.4, -0.2) is 83.1 Å². The van der Waals surface area contributed by atoms with E-state index < -0.39 is 0 Å². The summed E-state index contributed by atoms with van der Waals surface area (Å²) in [6, 6.07) is 12.0. The van der Waals surface area contributed by atoms with Crippen LogP contribution in [0.2, 0.25) is 0 Å². The quantitative estimate of drug-likeness (QED) is 0.598. The summed E-state index contributed by atoms with van der Waals surface area (Å²) in [5, 5.41) is 2.67. The Labute approximate surface area is 221 Å². The van der Waals surface area contributed by atoms with Crippen molar-refractivity contribution in [3.05, 3.63) is 71.4 Å². The summed E-state index contributed by atoms with van der Waals surface area (Å²) in [4.78, 5) is 59.0. The Kier molecular flexibility index (Phi) is 7.09. The Hall–Kier alpha value is -4.27. The molecule has 3 heterocycles. The number of pyridine rings is 1. The van der Waals surface area contributed by atoms with Gasteiger partial charge in [-0.15, -0.1) is 0 Å². The summed E-state index contributed by atoms with van der Waals surface area (Å²) < 4.78 is 0. The third-order valence-electron chi connectivity index (χ3n) is 7.53. The first-order valence-electron chi connectivity index (χ1n) is 12.8. The SMILES string of the molecule is CC(=O)N(C)CCN1CC(=O)Nc2ncc(/C=C/C(=O)N3CC4C=C(c5ccccc5)CC4C3)cc2C1=O. The molecule has 1 saturated heterocycles. The van der Waals surface area contributed by atoms with Gasteiger partial charge in [0.25, 0.3) is 5.91 Å². The van der Waals surface area contributed by atoms with Crippen molar-refractivity contribution >= 4 is 41.1 Å². The van der Waals surface area contributed by atoms with Gasteiger partial charge in [-0.1, -0.05) is 36.4 Å². The van der Waals surface area contributed by atoms with Crippen LogP contribution in [0.4, 0.5) is 5.82 Å². The molecule has 3 aliphatic rings.